The molecule has 0 aliphatic rings. The van der Waals surface area contributed by atoms with Crippen LogP contribution in [0.25, 0.3) is 0 Å². The molecule has 0 unspecified atom stereocenters. The summed E-state index contributed by atoms with van der Waals surface area (Å²) < 4.78 is 0. The van der Waals surface area contributed by atoms with Gasteiger partial charge >= 0.3 is 0 Å². The van der Waals surface area contributed by atoms with Crippen molar-refractivity contribution in [3.63, 3.8) is 0 Å². The molecule has 1 rings (SSSR count). The minimum absolute atomic E-state index is 0.729. The van der Waals surface area contributed by atoms with E-state index in [9.17, 15) is 0 Å². The van der Waals surface area contributed by atoms with E-state index in [-0.39, 0.29) is 0 Å². The summed E-state index contributed by atoms with van der Waals surface area (Å²) in [5, 5.41) is 1.05. The van der Waals surface area contributed by atoms with Crippen LogP contribution in [0.3, 0.4) is 0 Å². The fourth-order valence-electron chi connectivity index (χ4n) is 1.71. The smallest absolute Gasteiger partial charge is 0.0234 e. The van der Waals surface area contributed by atoms with Crippen LogP contribution in [0.2, 0.25) is 0 Å². The van der Waals surface area contributed by atoms with Gasteiger partial charge in [0, 0.05) is 25.0 Å². The molecule has 0 N–H and O–H groups in total. The van der Waals surface area contributed by atoms with E-state index in [0.29, 0.717) is 0 Å². The van der Waals surface area contributed by atoms with Gasteiger partial charge in [-0.15, -0.1) is 0 Å². The van der Waals surface area contributed by atoms with E-state index in [0.717, 1.165) is 24.3 Å². The highest BCUT2D eigenvalue weighted by molar-refractivity contribution is 9.09. The Hall–Kier alpha value is -0.340. The number of hydrogen-bond acceptors (Lipinski definition) is 1. The Kier molecular flexibility index (Phi) is 5.96. The van der Waals surface area contributed by atoms with Gasteiger partial charge in [0.25, 0.3) is 0 Å². The molecule has 1 nitrogen and oxygen atoms in total. The lowest BCUT2D eigenvalue weighted by atomic mass is 10.1. The van der Waals surface area contributed by atoms with Crippen molar-refractivity contribution in [3.8, 4) is 0 Å². The third-order valence-corrected chi connectivity index (χ3v) is 2.63. The van der Waals surface area contributed by atoms with Crippen LogP contribution in [-0.2, 0) is 6.54 Å². The molecule has 0 aliphatic carbocycles. The van der Waals surface area contributed by atoms with Crippen molar-refractivity contribution in [2.45, 2.75) is 20.4 Å². The Morgan fingerprint density at radius 3 is 2.40 bits per heavy atom. The normalized spacial score (nSPS) is 11.3. The van der Waals surface area contributed by atoms with Gasteiger partial charge in [0.15, 0.2) is 0 Å². The van der Waals surface area contributed by atoms with Crippen molar-refractivity contribution in [1.29, 1.82) is 0 Å². The van der Waals surface area contributed by atoms with E-state index in [1.54, 1.807) is 0 Å². The SMILES string of the molecule is CC(C)CN(CCBr)Cc1ccccc1. The minimum Gasteiger partial charge on any atom is -0.298 e. The van der Waals surface area contributed by atoms with Crippen molar-refractivity contribution >= 4 is 15.9 Å². The first kappa shape index (κ1) is 12.7. The topological polar surface area (TPSA) is 3.24 Å². The summed E-state index contributed by atoms with van der Waals surface area (Å²) in [6.07, 6.45) is 0. The van der Waals surface area contributed by atoms with E-state index in [2.05, 4.69) is 65.0 Å². The van der Waals surface area contributed by atoms with Crippen molar-refractivity contribution in [1.82, 2.24) is 4.90 Å². The van der Waals surface area contributed by atoms with E-state index in [4.69, 9.17) is 0 Å². The summed E-state index contributed by atoms with van der Waals surface area (Å²) in [6, 6.07) is 10.7. The molecule has 0 saturated heterocycles. The maximum Gasteiger partial charge on any atom is 0.0234 e. The maximum absolute atomic E-state index is 3.51. The summed E-state index contributed by atoms with van der Waals surface area (Å²) in [7, 11) is 0. The van der Waals surface area contributed by atoms with Crippen LogP contribution in [0.1, 0.15) is 19.4 Å². The Bertz CT molecular complexity index is 258. The number of rotatable bonds is 6. The van der Waals surface area contributed by atoms with Crippen LogP contribution >= 0.6 is 15.9 Å². The number of benzene rings is 1. The standard InChI is InChI=1S/C13H20BrN/c1-12(2)10-15(9-8-14)11-13-6-4-3-5-7-13/h3-7,12H,8-11H2,1-2H3. The highest BCUT2D eigenvalue weighted by Crippen LogP contribution is 2.07. The maximum atomic E-state index is 3.51. The van der Waals surface area contributed by atoms with Crippen molar-refractivity contribution < 1.29 is 0 Å². The van der Waals surface area contributed by atoms with Gasteiger partial charge in [0.1, 0.15) is 0 Å². The predicted octanol–water partition coefficient (Wildman–Crippen LogP) is 3.54. The first-order chi connectivity index (χ1) is 7.22. The molecule has 0 heterocycles. The summed E-state index contributed by atoms with van der Waals surface area (Å²) in [4.78, 5) is 2.49. The average molecular weight is 270 g/mol. The van der Waals surface area contributed by atoms with Gasteiger partial charge < -0.3 is 0 Å². The molecule has 0 aromatic heterocycles. The van der Waals surface area contributed by atoms with E-state index in [1.807, 2.05) is 0 Å². The Balaban J connectivity index is 2.50. The molecule has 0 spiro atoms. The molecule has 0 fully saturated rings. The highest BCUT2D eigenvalue weighted by Gasteiger charge is 2.06. The van der Waals surface area contributed by atoms with Gasteiger partial charge in [-0.1, -0.05) is 60.1 Å². The van der Waals surface area contributed by atoms with Crippen LogP contribution < -0.4 is 0 Å². The Morgan fingerprint density at radius 1 is 1.20 bits per heavy atom. The molecule has 15 heavy (non-hydrogen) atoms. The lowest BCUT2D eigenvalue weighted by molar-refractivity contribution is 0.251. The van der Waals surface area contributed by atoms with Crippen LogP contribution in [0, 0.1) is 5.92 Å². The van der Waals surface area contributed by atoms with Gasteiger partial charge in [0.05, 0.1) is 0 Å². The molecule has 1 aromatic rings. The van der Waals surface area contributed by atoms with Crippen LogP contribution in [0.15, 0.2) is 30.3 Å². The summed E-state index contributed by atoms with van der Waals surface area (Å²) in [5.74, 6) is 0.729. The Morgan fingerprint density at radius 2 is 1.87 bits per heavy atom. The average Bonchev–Trinajstić information content (AvgIpc) is 2.18. The predicted molar refractivity (Wildman–Crippen MR) is 70.4 cm³/mol. The Labute approximate surface area is 102 Å². The van der Waals surface area contributed by atoms with Crippen LogP contribution in [0.4, 0.5) is 0 Å². The summed E-state index contributed by atoms with van der Waals surface area (Å²) >= 11 is 3.51. The zero-order valence-electron chi connectivity index (χ0n) is 9.62. The van der Waals surface area contributed by atoms with Gasteiger partial charge in [-0.05, 0) is 11.5 Å². The van der Waals surface area contributed by atoms with E-state index >= 15 is 0 Å². The third-order valence-electron chi connectivity index (χ3n) is 2.27. The monoisotopic (exact) mass is 269 g/mol. The molecular formula is C13H20BrN. The number of alkyl halides is 1. The summed E-state index contributed by atoms with van der Waals surface area (Å²) in [5.41, 5.74) is 1.40. The van der Waals surface area contributed by atoms with Crippen molar-refractivity contribution in [3.05, 3.63) is 35.9 Å². The fraction of sp³-hybridized carbons (Fsp3) is 0.538. The largest absolute Gasteiger partial charge is 0.298 e. The van der Waals surface area contributed by atoms with Gasteiger partial charge in [-0.2, -0.15) is 0 Å². The van der Waals surface area contributed by atoms with Crippen LogP contribution in [0.5, 0.6) is 0 Å². The van der Waals surface area contributed by atoms with Gasteiger partial charge in [-0.3, -0.25) is 4.90 Å². The number of hydrogen-bond donors (Lipinski definition) is 0. The van der Waals surface area contributed by atoms with E-state index < -0.39 is 0 Å². The first-order valence-electron chi connectivity index (χ1n) is 5.54. The minimum atomic E-state index is 0.729. The van der Waals surface area contributed by atoms with Crippen LogP contribution in [-0.4, -0.2) is 23.3 Å². The number of halogens is 1. The molecular weight excluding hydrogens is 250 g/mol. The molecule has 0 atom stereocenters. The van der Waals surface area contributed by atoms with E-state index in [1.165, 1.54) is 12.1 Å². The lowest BCUT2D eigenvalue weighted by Gasteiger charge is -2.23. The molecule has 84 valence electrons. The number of nitrogens with zero attached hydrogens (tertiary/aromatic N) is 1. The zero-order valence-corrected chi connectivity index (χ0v) is 11.2. The second-order valence-corrected chi connectivity index (χ2v) is 5.10. The second-order valence-electron chi connectivity index (χ2n) is 4.30. The molecule has 0 bridgehead atoms. The third kappa shape index (κ3) is 5.33. The highest BCUT2D eigenvalue weighted by atomic mass is 79.9. The van der Waals surface area contributed by atoms with Crippen molar-refractivity contribution in [2.24, 2.45) is 5.92 Å². The quantitative estimate of drug-likeness (QED) is 0.715. The first-order valence-corrected chi connectivity index (χ1v) is 6.66. The van der Waals surface area contributed by atoms with Gasteiger partial charge in [0.2, 0.25) is 0 Å². The molecule has 0 radical (unpaired) electrons. The molecule has 1 aromatic carbocycles. The lowest BCUT2D eigenvalue weighted by Crippen LogP contribution is -2.29. The molecule has 0 saturated carbocycles. The van der Waals surface area contributed by atoms with Gasteiger partial charge in [-0.25, -0.2) is 0 Å². The summed E-state index contributed by atoms with van der Waals surface area (Å²) in [6.45, 7) is 7.89. The second kappa shape index (κ2) is 7.02. The molecule has 0 aliphatic heterocycles. The molecule has 2 heteroatoms. The zero-order chi connectivity index (χ0) is 11.1. The molecule has 0 amide bonds. The fourth-order valence-corrected chi connectivity index (χ4v) is 2.21. The van der Waals surface area contributed by atoms with Crippen molar-refractivity contribution in [2.75, 3.05) is 18.4 Å².